The van der Waals surface area contributed by atoms with Crippen LogP contribution in [-0.2, 0) is 16.9 Å². The first-order chi connectivity index (χ1) is 14.5. The summed E-state index contributed by atoms with van der Waals surface area (Å²) in [7, 11) is 0. The molecule has 0 radical (unpaired) electrons. The lowest BCUT2D eigenvalue weighted by Gasteiger charge is -2.32. The number of hydrogen-bond acceptors (Lipinski definition) is 5. The van der Waals surface area contributed by atoms with Crippen LogP contribution in [-0.4, -0.2) is 54.9 Å². The van der Waals surface area contributed by atoms with Crippen LogP contribution < -0.4 is 15.5 Å². The summed E-state index contributed by atoms with van der Waals surface area (Å²) in [4.78, 5) is 11.5. The summed E-state index contributed by atoms with van der Waals surface area (Å²) in [6.45, 7) is 9.97. The van der Waals surface area contributed by atoms with Gasteiger partial charge in [-0.15, -0.1) is 0 Å². The number of aliphatic hydroxyl groups is 1. The van der Waals surface area contributed by atoms with Gasteiger partial charge in [-0.25, -0.2) is 9.98 Å². The average Bonchev–Trinajstić information content (AvgIpc) is 2.77. The third-order valence-corrected chi connectivity index (χ3v) is 5.13. The van der Waals surface area contributed by atoms with E-state index in [4.69, 9.17) is 4.74 Å². The third-order valence-electron chi connectivity index (χ3n) is 5.13. The zero-order chi connectivity index (χ0) is 21.4. The summed E-state index contributed by atoms with van der Waals surface area (Å²) in [5.41, 5.74) is 0.910. The smallest absolute Gasteiger partial charge is 0.191 e. The molecular weight excluding hydrogens is 378 g/mol. The molecule has 1 aliphatic heterocycles. The number of pyridine rings is 1. The molecule has 3 N–H and O–H groups in total. The Bertz CT molecular complexity index is 808. The van der Waals surface area contributed by atoms with Crippen molar-refractivity contribution in [3.63, 3.8) is 0 Å². The number of morpholine rings is 1. The van der Waals surface area contributed by atoms with Crippen molar-refractivity contribution in [2.24, 2.45) is 4.99 Å². The van der Waals surface area contributed by atoms with Crippen molar-refractivity contribution in [3.8, 4) is 0 Å². The molecule has 2 unspecified atom stereocenters. The molecule has 2 aromatic rings. The van der Waals surface area contributed by atoms with E-state index in [1.165, 1.54) is 0 Å². The fraction of sp³-hybridized carbons (Fsp3) is 0.478. The number of hydrogen-bond donors (Lipinski definition) is 3. The molecule has 0 amide bonds. The minimum absolute atomic E-state index is 0.228. The topological polar surface area (TPSA) is 82.0 Å². The van der Waals surface area contributed by atoms with Crippen LogP contribution in [0.1, 0.15) is 31.9 Å². The van der Waals surface area contributed by atoms with Gasteiger partial charge in [0.15, 0.2) is 5.96 Å². The maximum Gasteiger partial charge on any atom is 0.191 e. The number of guanidine groups is 1. The number of aromatic nitrogens is 1. The lowest BCUT2D eigenvalue weighted by molar-refractivity contribution is 0.0529. The first kappa shape index (κ1) is 22.1. The highest BCUT2D eigenvalue weighted by atomic mass is 16.5. The summed E-state index contributed by atoms with van der Waals surface area (Å²) in [5, 5.41) is 17.3. The van der Waals surface area contributed by atoms with E-state index in [0.29, 0.717) is 19.0 Å². The van der Waals surface area contributed by atoms with E-state index in [1.807, 2.05) is 49.5 Å². The van der Waals surface area contributed by atoms with Crippen LogP contribution in [0.15, 0.2) is 53.7 Å². The number of nitrogens with zero attached hydrogens (tertiary/aromatic N) is 3. The van der Waals surface area contributed by atoms with E-state index < -0.39 is 5.60 Å². The quantitative estimate of drug-likeness (QED) is 0.479. The second-order valence-electron chi connectivity index (χ2n) is 7.84. The van der Waals surface area contributed by atoms with Gasteiger partial charge in [0.2, 0.25) is 0 Å². The van der Waals surface area contributed by atoms with Crippen LogP contribution in [0.3, 0.4) is 0 Å². The summed E-state index contributed by atoms with van der Waals surface area (Å²) in [5.74, 6) is 1.64. The summed E-state index contributed by atoms with van der Waals surface area (Å²) in [6, 6.07) is 13.8. The molecule has 1 fully saturated rings. The van der Waals surface area contributed by atoms with E-state index in [1.54, 1.807) is 6.92 Å². The fourth-order valence-electron chi connectivity index (χ4n) is 3.39. The van der Waals surface area contributed by atoms with Crippen molar-refractivity contribution < 1.29 is 9.84 Å². The predicted octanol–water partition coefficient (Wildman–Crippen LogP) is 2.27. The zero-order valence-electron chi connectivity index (χ0n) is 18.1. The van der Waals surface area contributed by atoms with Gasteiger partial charge in [0.1, 0.15) is 11.4 Å². The molecule has 0 saturated carbocycles. The van der Waals surface area contributed by atoms with Gasteiger partial charge in [0, 0.05) is 25.8 Å². The highest BCUT2D eigenvalue weighted by Gasteiger charge is 2.23. The first-order valence-electron chi connectivity index (χ1n) is 10.6. The van der Waals surface area contributed by atoms with E-state index >= 15 is 0 Å². The second kappa shape index (κ2) is 10.4. The van der Waals surface area contributed by atoms with Crippen LogP contribution in [0.5, 0.6) is 0 Å². The molecule has 1 aliphatic rings. The molecule has 0 spiro atoms. The molecule has 1 aromatic heterocycles. The molecule has 7 heteroatoms. The van der Waals surface area contributed by atoms with Crippen molar-refractivity contribution in [1.82, 2.24) is 15.6 Å². The highest BCUT2D eigenvalue weighted by Crippen LogP contribution is 2.19. The number of anilines is 1. The Hall–Kier alpha value is -2.64. The Morgan fingerprint density at radius 1 is 1.27 bits per heavy atom. The van der Waals surface area contributed by atoms with Gasteiger partial charge in [0.25, 0.3) is 0 Å². The average molecular weight is 412 g/mol. The molecular formula is C23H33N5O2. The van der Waals surface area contributed by atoms with Crippen LogP contribution in [0.2, 0.25) is 0 Å². The van der Waals surface area contributed by atoms with Crippen LogP contribution in [0, 0.1) is 0 Å². The molecule has 0 aliphatic carbocycles. The molecule has 30 heavy (non-hydrogen) atoms. The summed E-state index contributed by atoms with van der Waals surface area (Å²) in [6.07, 6.45) is 2.11. The minimum Gasteiger partial charge on any atom is -0.384 e. The lowest BCUT2D eigenvalue weighted by Crippen LogP contribution is -2.44. The van der Waals surface area contributed by atoms with Gasteiger partial charge in [-0.05, 0) is 38.0 Å². The van der Waals surface area contributed by atoms with E-state index in [0.717, 1.165) is 43.2 Å². The lowest BCUT2D eigenvalue weighted by atomic mass is 9.96. The predicted molar refractivity (Wildman–Crippen MR) is 121 cm³/mol. The highest BCUT2D eigenvalue weighted by molar-refractivity contribution is 5.79. The summed E-state index contributed by atoms with van der Waals surface area (Å²) >= 11 is 0. The Morgan fingerprint density at radius 3 is 2.73 bits per heavy atom. The third kappa shape index (κ3) is 6.18. The van der Waals surface area contributed by atoms with Crippen molar-refractivity contribution in [2.45, 2.75) is 39.0 Å². The van der Waals surface area contributed by atoms with Crippen molar-refractivity contribution in [3.05, 3.63) is 59.8 Å². The van der Waals surface area contributed by atoms with Crippen LogP contribution in [0.4, 0.5) is 5.82 Å². The van der Waals surface area contributed by atoms with Gasteiger partial charge < -0.3 is 25.4 Å². The number of aliphatic imine (C=N–C) groups is 1. The SMILES string of the molecule is CCNC(=NCc1ccc(N2CCOC(C)C2)nc1)NCC(C)(O)c1ccccc1. The van der Waals surface area contributed by atoms with Crippen molar-refractivity contribution >= 4 is 11.8 Å². The number of benzene rings is 1. The molecule has 1 saturated heterocycles. The summed E-state index contributed by atoms with van der Waals surface area (Å²) < 4.78 is 5.60. The van der Waals surface area contributed by atoms with Gasteiger partial charge in [-0.3, -0.25) is 0 Å². The van der Waals surface area contributed by atoms with Gasteiger partial charge in [-0.2, -0.15) is 0 Å². The number of ether oxygens (including phenoxy) is 1. The standard InChI is InChI=1S/C23H33N5O2/c1-4-24-22(27-17-23(3,29)20-8-6-5-7-9-20)26-15-19-10-11-21(25-14-19)28-12-13-30-18(2)16-28/h5-11,14,18,29H,4,12-13,15-17H2,1-3H3,(H2,24,26,27). The molecule has 2 atom stereocenters. The van der Waals surface area contributed by atoms with Crippen molar-refractivity contribution in [2.75, 3.05) is 37.7 Å². The Kier molecular flexibility index (Phi) is 7.65. The second-order valence-corrected chi connectivity index (χ2v) is 7.84. The van der Waals surface area contributed by atoms with E-state index in [9.17, 15) is 5.11 Å². The molecule has 7 nitrogen and oxygen atoms in total. The normalized spacial score (nSPS) is 19.3. The van der Waals surface area contributed by atoms with Crippen LogP contribution >= 0.6 is 0 Å². The Morgan fingerprint density at radius 2 is 2.07 bits per heavy atom. The van der Waals surface area contributed by atoms with Crippen LogP contribution in [0.25, 0.3) is 0 Å². The molecule has 162 valence electrons. The first-order valence-corrected chi connectivity index (χ1v) is 10.6. The number of rotatable bonds is 7. The molecule has 1 aromatic carbocycles. The molecule has 0 bridgehead atoms. The monoisotopic (exact) mass is 411 g/mol. The minimum atomic E-state index is -0.990. The zero-order valence-corrected chi connectivity index (χ0v) is 18.1. The number of nitrogens with one attached hydrogen (secondary N) is 2. The molecule has 3 rings (SSSR count). The van der Waals surface area contributed by atoms with Gasteiger partial charge >= 0.3 is 0 Å². The Balaban J connectivity index is 1.59. The Labute approximate surface area is 179 Å². The van der Waals surface area contributed by atoms with Crippen molar-refractivity contribution in [1.29, 1.82) is 0 Å². The van der Waals surface area contributed by atoms with Gasteiger partial charge in [-0.1, -0.05) is 36.4 Å². The fourth-order valence-corrected chi connectivity index (χ4v) is 3.39. The maximum absolute atomic E-state index is 10.8. The van der Waals surface area contributed by atoms with E-state index in [-0.39, 0.29) is 6.10 Å². The molecule has 2 heterocycles. The largest absolute Gasteiger partial charge is 0.384 e. The van der Waals surface area contributed by atoms with Gasteiger partial charge in [0.05, 0.1) is 25.8 Å². The van der Waals surface area contributed by atoms with E-state index in [2.05, 4.69) is 38.5 Å². The maximum atomic E-state index is 10.8.